The van der Waals surface area contributed by atoms with Crippen molar-refractivity contribution in [1.29, 1.82) is 0 Å². The number of ether oxygens (including phenoxy) is 1. The quantitative estimate of drug-likeness (QED) is 0.673. The van der Waals surface area contributed by atoms with E-state index in [2.05, 4.69) is 15.1 Å². The number of aromatic nitrogens is 4. The lowest BCUT2D eigenvalue weighted by Crippen LogP contribution is -2.19. The highest BCUT2D eigenvalue weighted by molar-refractivity contribution is 5.80. The third kappa shape index (κ3) is 3.16. The minimum Gasteiger partial charge on any atom is -0.357 e. The molecule has 5 nitrogen and oxygen atoms in total. The molecule has 1 aliphatic rings. The summed E-state index contributed by atoms with van der Waals surface area (Å²) in [5, 5.41) is 3.80. The smallest absolute Gasteiger partial charge is 0.357 e. The molecule has 1 fully saturated rings. The predicted octanol–water partition coefficient (Wildman–Crippen LogP) is 4.52. The molecule has 0 saturated carbocycles. The summed E-state index contributed by atoms with van der Waals surface area (Å²) in [4.78, 5) is 8.60. The summed E-state index contributed by atoms with van der Waals surface area (Å²) in [6, 6.07) is 5.23. The van der Waals surface area contributed by atoms with Crippen LogP contribution >= 0.6 is 0 Å². The van der Waals surface area contributed by atoms with Crippen LogP contribution in [0.3, 0.4) is 0 Å². The van der Waals surface area contributed by atoms with Gasteiger partial charge in [-0.15, -0.1) is 0 Å². The number of nitrogens with zero attached hydrogens (tertiary/aromatic N) is 4. The van der Waals surface area contributed by atoms with Crippen molar-refractivity contribution in [3.63, 3.8) is 0 Å². The number of fused-ring (bicyclic) bond motifs is 1. The number of rotatable bonds is 2. The van der Waals surface area contributed by atoms with E-state index in [1.165, 1.54) is 17.1 Å². The topological polar surface area (TPSA) is 52.8 Å². The standard InChI is InChI=1S/C18H17F3N4O/c1-11-5-6-14-15(23-11)8-12(9-22-14)13-10-25(16-4-2-3-7-26-16)24-17(13)18(19,20)21/h5-6,8-10,16H,2-4,7H2,1H3. The highest BCUT2D eigenvalue weighted by atomic mass is 19.4. The molecule has 3 aromatic rings. The second-order valence-electron chi connectivity index (χ2n) is 6.41. The van der Waals surface area contributed by atoms with Crippen LogP contribution in [0.1, 0.15) is 36.9 Å². The molecule has 1 atom stereocenters. The monoisotopic (exact) mass is 362 g/mol. The van der Waals surface area contributed by atoms with E-state index in [1.807, 2.05) is 13.0 Å². The zero-order chi connectivity index (χ0) is 18.3. The summed E-state index contributed by atoms with van der Waals surface area (Å²) in [6.45, 7) is 2.35. The van der Waals surface area contributed by atoms with E-state index in [0.717, 1.165) is 18.5 Å². The molecule has 3 aromatic heterocycles. The molecule has 0 aromatic carbocycles. The molecule has 0 N–H and O–H groups in total. The Bertz CT molecular complexity index is 945. The zero-order valence-corrected chi connectivity index (χ0v) is 14.1. The molecule has 26 heavy (non-hydrogen) atoms. The number of alkyl halides is 3. The fourth-order valence-corrected chi connectivity index (χ4v) is 3.15. The van der Waals surface area contributed by atoms with Crippen molar-refractivity contribution >= 4 is 11.0 Å². The molecular weight excluding hydrogens is 345 g/mol. The lowest BCUT2D eigenvalue weighted by atomic mass is 10.1. The van der Waals surface area contributed by atoms with Crippen molar-refractivity contribution in [3.8, 4) is 11.1 Å². The highest BCUT2D eigenvalue weighted by Gasteiger charge is 2.38. The third-order valence-electron chi connectivity index (χ3n) is 4.44. The molecule has 4 heterocycles. The summed E-state index contributed by atoms with van der Waals surface area (Å²) >= 11 is 0. The van der Waals surface area contributed by atoms with Gasteiger partial charge in [0.05, 0.1) is 11.0 Å². The van der Waals surface area contributed by atoms with Gasteiger partial charge in [-0.25, -0.2) is 4.68 Å². The van der Waals surface area contributed by atoms with E-state index < -0.39 is 18.1 Å². The first kappa shape index (κ1) is 17.0. The maximum Gasteiger partial charge on any atom is 0.435 e. The van der Waals surface area contributed by atoms with E-state index in [4.69, 9.17) is 4.74 Å². The van der Waals surface area contributed by atoms with Crippen molar-refractivity contribution in [2.75, 3.05) is 6.61 Å². The van der Waals surface area contributed by atoms with Crippen molar-refractivity contribution in [2.45, 2.75) is 38.6 Å². The predicted molar refractivity (Wildman–Crippen MR) is 89.3 cm³/mol. The first-order valence-electron chi connectivity index (χ1n) is 8.43. The number of hydrogen-bond acceptors (Lipinski definition) is 4. The Morgan fingerprint density at radius 1 is 1.19 bits per heavy atom. The number of pyridine rings is 2. The Morgan fingerprint density at radius 2 is 2.04 bits per heavy atom. The SMILES string of the molecule is Cc1ccc2ncc(-c3cn(C4CCCCO4)nc3C(F)(F)F)cc2n1. The molecule has 1 unspecified atom stereocenters. The van der Waals surface area contributed by atoms with E-state index in [0.29, 0.717) is 29.6 Å². The normalized spacial score (nSPS) is 18.4. The average Bonchev–Trinajstić information content (AvgIpc) is 3.08. The first-order valence-corrected chi connectivity index (χ1v) is 8.43. The Labute approximate surface area is 147 Å². The van der Waals surface area contributed by atoms with E-state index >= 15 is 0 Å². The second-order valence-corrected chi connectivity index (χ2v) is 6.41. The van der Waals surface area contributed by atoms with Gasteiger partial charge in [0, 0.05) is 35.8 Å². The molecule has 0 aliphatic carbocycles. The van der Waals surface area contributed by atoms with Gasteiger partial charge in [0.2, 0.25) is 0 Å². The number of hydrogen-bond donors (Lipinski definition) is 0. The molecule has 0 amide bonds. The lowest BCUT2D eigenvalue weighted by molar-refractivity contribution is -0.141. The van der Waals surface area contributed by atoms with Crippen LogP contribution in [0.25, 0.3) is 22.2 Å². The van der Waals surface area contributed by atoms with E-state index in [9.17, 15) is 13.2 Å². The molecule has 1 aliphatic heterocycles. The largest absolute Gasteiger partial charge is 0.435 e. The van der Waals surface area contributed by atoms with Crippen LogP contribution in [-0.2, 0) is 10.9 Å². The molecule has 0 radical (unpaired) electrons. The van der Waals surface area contributed by atoms with Crippen LogP contribution in [0.15, 0.2) is 30.6 Å². The molecule has 0 spiro atoms. The maximum absolute atomic E-state index is 13.5. The summed E-state index contributed by atoms with van der Waals surface area (Å²) < 4.78 is 47.5. The van der Waals surface area contributed by atoms with Crippen LogP contribution in [0.2, 0.25) is 0 Å². The average molecular weight is 362 g/mol. The Morgan fingerprint density at radius 3 is 2.77 bits per heavy atom. The van der Waals surface area contributed by atoms with Gasteiger partial charge in [-0.2, -0.15) is 18.3 Å². The molecule has 4 rings (SSSR count). The first-order chi connectivity index (χ1) is 12.4. The van der Waals surface area contributed by atoms with E-state index in [1.54, 1.807) is 12.1 Å². The number of aryl methyl sites for hydroxylation is 1. The fraction of sp³-hybridized carbons (Fsp3) is 0.389. The third-order valence-corrected chi connectivity index (χ3v) is 4.44. The Kier molecular flexibility index (Phi) is 4.14. The van der Waals surface area contributed by atoms with E-state index in [-0.39, 0.29) is 5.56 Å². The van der Waals surface area contributed by atoms with Gasteiger partial charge in [0.25, 0.3) is 0 Å². The number of halogens is 3. The summed E-state index contributed by atoms with van der Waals surface area (Å²) in [5.74, 6) is 0. The van der Waals surface area contributed by atoms with Crippen LogP contribution < -0.4 is 0 Å². The van der Waals surface area contributed by atoms with Gasteiger partial charge in [-0.3, -0.25) is 9.97 Å². The van der Waals surface area contributed by atoms with Crippen LogP contribution in [0.4, 0.5) is 13.2 Å². The summed E-state index contributed by atoms with van der Waals surface area (Å²) in [7, 11) is 0. The van der Waals surface area contributed by atoms with Gasteiger partial charge < -0.3 is 4.74 Å². The summed E-state index contributed by atoms with van der Waals surface area (Å²) in [6.07, 6.45) is 0.264. The second kappa shape index (κ2) is 6.35. The van der Waals surface area contributed by atoms with Gasteiger partial charge in [0.15, 0.2) is 5.69 Å². The maximum atomic E-state index is 13.5. The Hall–Kier alpha value is -2.48. The van der Waals surface area contributed by atoms with Crippen molar-refractivity contribution in [2.24, 2.45) is 0 Å². The van der Waals surface area contributed by atoms with Gasteiger partial charge in [0.1, 0.15) is 6.23 Å². The zero-order valence-electron chi connectivity index (χ0n) is 14.1. The minimum atomic E-state index is -4.57. The van der Waals surface area contributed by atoms with Crippen LogP contribution in [-0.4, -0.2) is 26.4 Å². The van der Waals surface area contributed by atoms with Crippen LogP contribution in [0, 0.1) is 6.92 Å². The van der Waals surface area contributed by atoms with Gasteiger partial charge >= 0.3 is 6.18 Å². The Balaban J connectivity index is 1.82. The molecule has 136 valence electrons. The van der Waals surface area contributed by atoms with Gasteiger partial charge in [-0.1, -0.05) is 0 Å². The van der Waals surface area contributed by atoms with Gasteiger partial charge in [-0.05, 0) is 44.4 Å². The molecule has 8 heteroatoms. The molecule has 0 bridgehead atoms. The fourth-order valence-electron chi connectivity index (χ4n) is 3.15. The lowest BCUT2D eigenvalue weighted by Gasteiger charge is -2.22. The highest BCUT2D eigenvalue weighted by Crippen LogP contribution is 2.38. The van der Waals surface area contributed by atoms with Crippen molar-refractivity contribution in [3.05, 3.63) is 42.0 Å². The molecule has 1 saturated heterocycles. The molecular formula is C18H17F3N4O. The summed E-state index contributed by atoms with van der Waals surface area (Å²) in [5.41, 5.74) is 1.36. The van der Waals surface area contributed by atoms with Crippen LogP contribution in [0.5, 0.6) is 0 Å². The minimum absolute atomic E-state index is 0.00983. The van der Waals surface area contributed by atoms with Crippen molar-refractivity contribution < 1.29 is 17.9 Å². The van der Waals surface area contributed by atoms with Crippen molar-refractivity contribution in [1.82, 2.24) is 19.7 Å².